The maximum Gasteiger partial charge on any atom is 0.235 e. The van der Waals surface area contributed by atoms with Gasteiger partial charge in [0.05, 0.1) is 18.1 Å². The molecule has 1 aromatic rings. The average Bonchev–Trinajstić information content (AvgIpc) is 2.97. The molecule has 3 aliphatic rings. The number of nitrogens with zero attached hydrogens (tertiary/aromatic N) is 3. The molecule has 0 radical (unpaired) electrons. The van der Waals surface area contributed by atoms with Crippen molar-refractivity contribution in [1.82, 2.24) is 14.7 Å². The Balaban J connectivity index is 1.24. The molecule has 1 aliphatic carbocycles. The second-order valence-corrected chi connectivity index (χ2v) is 10.5. The van der Waals surface area contributed by atoms with Crippen molar-refractivity contribution in [2.75, 3.05) is 45.8 Å². The first kappa shape index (κ1) is 23.1. The number of carbonyl (C=O) groups is 2. The van der Waals surface area contributed by atoms with E-state index in [1.165, 1.54) is 10.5 Å². The average molecular weight is 440 g/mol. The van der Waals surface area contributed by atoms with Gasteiger partial charge in [-0.3, -0.25) is 24.3 Å². The first-order chi connectivity index (χ1) is 15.2. The number of β-amino-alcohol motifs (C(OH)–C–C–N with tert-alkyl or cyclic N) is 1. The summed E-state index contributed by atoms with van der Waals surface area (Å²) in [6.45, 7) is 11.3. The maximum absolute atomic E-state index is 13.2. The lowest BCUT2D eigenvalue weighted by molar-refractivity contribution is -0.169. The van der Waals surface area contributed by atoms with E-state index in [4.69, 9.17) is 0 Å². The van der Waals surface area contributed by atoms with Crippen LogP contribution in [-0.4, -0.2) is 83.5 Å². The van der Waals surface area contributed by atoms with Crippen molar-refractivity contribution in [2.45, 2.75) is 39.7 Å². The molecule has 2 heterocycles. The van der Waals surface area contributed by atoms with Crippen molar-refractivity contribution in [1.29, 1.82) is 0 Å². The van der Waals surface area contributed by atoms with Crippen molar-refractivity contribution in [3.63, 3.8) is 0 Å². The third-order valence-electron chi connectivity index (χ3n) is 8.31. The summed E-state index contributed by atoms with van der Waals surface area (Å²) in [6, 6.07) is 10.3. The monoisotopic (exact) mass is 439 g/mol. The number of piperidine rings is 1. The van der Waals surface area contributed by atoms with Gasteiger partial charge in [0, 0.05) is 45.2 Å². The highest BCUT2D eigenvalue weighted by molar-refractivity contribution is 6.03. The predicted molar refractivity (Wildman–Crippen MR) is 126 cm³/mol. The molecule has 1 saturated carbocycles. The molecule has 0 aromatic heterocycles. The topological polar surface area (TPSA) is 64.1 Å². The maximum atomic E-state index is 13.2. The number of aliphatic hydroxyl groups excluding tert-OH is 1. The number of hydrogen-bond acceptors (Lipinski definition) is 5. The zero-order chi connectivity index (χ0) is 22.9. The Labute approximate surface area is 191 Å². The Kier molecular flexibility index (Phi) is 6.57. The zero-order valence-electron chi connectivity index (χ0n) is 19.7. The van der Waals surface area contributed by atoms with Gasteiger partial charge in [0.2, 0.25) is 11.8 Å². The van der Waals surface area contributed by atoms with E-state index in [0.717, 1.165) is 45.6 Å². The summed E-state index contributed by atoms with van der Waals surface area (Å²) < 4.78 is 0. The van der Waals surface area contributed by atoms with Crippen LogP contribution < -0.4 is 0 Å². The van der Waals surface area contributed by atoms with E-state index in [2.05, 4.69) is 34.1 Å². The lowest BCUT2D eigenvalue weighted by atomic mass is 9.62. The van der Waals surface area contributed by atoms with E-state index >= 15 is 0 Å². The number of imide groups is 1. The number of benzene rings is 1. The van der Waals surface area contributed by atoms with Crippen LogP contribution in [0.4, 0.5) is 0 Å². The molecule has 0 unspecified atom stereocenters. The summed E-state index contributed by atoms with van der Waals surface area (Å²) in [7, 11) is 0. The highest BCUT2D eigenvalue weighted by Gasteiger charge is 2.64. The minimum Gasteiger partial charge on any atom is -0.390 e. The molecule has 3 atom stereocenters. The highest BCUT2D eigenvalue weighted by Crippen LogP contribution is 2.60. The minimum absolute atomic E-state index is 0.0935. The molecule has 2 bridgehead atoms. The van der Waals surface area contributed by atoms with Crippen LogP contribution in [0, 0.1) is 16.7 Å². The number of piperazine rings is 1. The van der Waals surface area contributed by atoms with Crippen molar-refractivity contribution in [3.8, 4) is 0 Å². The molecule has 3 fully saturated rings. The van der Waals surface area contributed by atoms with Gasteiger partial charge in [0.1, 0.15) is 0 Å². The first-order valence-electron chi connectivity index (χ1n) is 11.9. The Morgan fingerprint density at radius 3 is 2.38 bits per heavy atom. The molecule has 4 rings (SSSR count). The van der Waals surface area contributed by atoms with E-state index in [1.807, 2.05) is 39.0 Å². The number of hydrogen-bond donors (Lipinski definition) is 1. The van der Waals surface area contributed by atoms with Gasteiger partial charge < -0.3 is 5.11 Å². The lowest BCUT2D eigenvalue weighted by Crippen LogP contribution is -2.61. The zero-order valence-corrected chi connectivity index (χ0v) is 19.7. The van der Waals surface area contributed by atoms with Gasteiger partial charge in [0.15, 0.2) is 0 Å². The van der Waals surface area contributed by atoms with Crippen LogP contribution in [0.5, 0.6) is 0 Å². The van der Waals surface area contributed by atoms with Gasteiger partial charge in [-0.1, -0.05) is 63.3 Å². The van der Waals surface area contributed by atoms with E-state index in [9.17, 15) is 14.7 Å². The summed E-state index contributed by atoms with van der Waals surface area (Å²) in [4.78, 5) is 32.2. The predicted octanol–water partition coefficient (Wildman–Crippen LogP) is 2.49. The molecule has 1 aromatic carbocycles. The fourth-order valence-electron chi connectivity index (χ4n) is 5.70. The number of aliphatic hydroxyl groups is 1. The quantitative estimate of drug-likeness (QED) is 0.662. The SMILES string of the molecule is CC1(C)[C@H]2CC[C@@]1(C)C(=O)N(C[C@H](O)CN1CCN(C/C=C/c3ccccc3)CC1)C2=O. The second kappa shape index (κ2) is 9.08. The fraction of sp³-hybridized carbons (Fsp3) is 0.615. The highest BCUT2D eigenvalue weighted by atomic mass is 16.3. The molecule has 2 aliphatic heterocycles. The smallest absolute Gasteiger partial charge is 0.235 e. The van der Waals surface area contributed by atoms with Crippen LogP contribution in [0.3, 0.4) is 0 Å². The number of likely N-dealkylation sites (tertiary alicyclic amines) is 1. The van der Waals surface area contributed by atoms with E-state index < -0.39 is 11.5 Å². The third kappa shape index (κ3) is 4.28. The second-order valence-electron chi connectivity index (χ2n) is 10.5. The van der Waals surface area contributed by atoms with Crippen LogP contribution in [0.25, 0.3) is 6.08 Å². The third-order valence-corrected chi connectivity index (χ3v) is 8.31. The van der Waals surface area contributed by atoms with Gasteiger partial charge in [-0.2, -0.15) is 0 Å². The summed E-state index contributed by atoms with van der Waals surface area (Å²) in [5, 5.41) is 10.7. The summed E-state index contributed by atoms with van der Waals surface area (Å²) in [5.74, 6) is -0.316. The Morgan fingerprint density at radius 2 is 1.69 bits per heavy atom. The normalized spacial score (nSPS) is 29.8. The number of amides is 2. The number of fused-ring (bicyclic) bond motifs is 2. The van der Waals surface area contributed by atoms with Crippen molar-refractivity contribution < 1.29 is 14.7 Å². The van der Waals surface area contributed by atoms with Crippen molar-refractivity contribution in [2.24, 2.45) is 16.7 Å². The Hall–Kier alpha value is -2.02. The standard InChI is InChI=1S/C26H37N3O3/c1-25(2)22-11-12-26(25,3)24(32)29(23(22)31)19-21(30)18-28-16-14-27(15-17-28)13-7-10-20-8-5-4-6-9-20/h4-10,21-22,30H,11-19H2,1-3H3/b10-7+/t21-,22+,26+/m1/s1. The molecule has 32 heavy (non-hydrogen) atoms. The van der Waals surface area contributed by atoms with Crippen molar-refractivity contribution in [3.05, 3.63) is 42.0 Å². The minimum atomic E-state index is -0.711. The molecular weight excluding hydrogens is 402 g/mol. The largest absolute Gasteiger partial charge is 0.390 e. The van der Waals surface area contributed by atoms with Crippen molar-refractivity contribution >= 4 is 17.9 Å². The molecule has 0 spiro atoms. The summed E-state index contributed by atoms with van der Waals surface area (Å²) >= 11 is 0. The molecule has 2 saturated heterocycles. The fourth-order valence-corrected chi connectivity index (χ4v) is 5.70. The molecule has 6 nitrogen and oxygen atoms in total. The van der Waals surface area contributed by atoms with Gasteiger partial charge in [0.25, 0.3) is 0 Å². The van der Waals surface area contributed by atoms with E-state index in [0.29, 0.717) is 6.54 Å². The van der Waals surface area contributed by atoms with Crippen LogP contribution in [0.1, 0.15) is 39.2 Å². The molecular formula is C26H37N3O3. The number of rotatable bonds is 7. The molecule has 2 amide bonds. The Morgan fingerprint density at radius 1 is 1.03 bits per heavy atom. The van der Waals surface area contributed by atoms with Crippen LogP contribution in [-0.2, 0) is 9.59 Å². The summed E-state index contributed by atoms with van der Waals surface area (Å²) in [5.41, 5.74) is 0.389. The van der Waals surface area contributed by atoms with Gasteiger partial charge in [-0.15, -0.1) is 0 Å². The van der Waals surface area contributed by atoms with Gasteiger partial charge in [-0.05, 0) is 23.8 Å². The molecule has 1 N–H and O–H groups in total. The summed E-state index contributed by atoms with van der Waals surface area (Å²) in [6.07, 6.45) is 5.15. The first-order valence-corrected chi connectivity index (χ1v) is 11.9. The molecule has 6 heteroatoms. The van der Waals surface area contributed by atoms with E-state index in [1.54, 1.807) is 0 Å². The lowest BCUT2D eigenvalue weighted by Gasteiger charge is -2.48. The van der Waals surface area contributed by atoms with Crippen LogP contribution in [0.15, 0.2) is 36.4 Å². The molecule has 174 valence electrons. The number of carbonyl (C=O) groups excluding carboxylic acids is 2. The Bertz CT molecular complexity index is 860. The van der Waals surface area contributed by atoms with Crippen LogP contribution in [0.2, 0.25) is 0 Å². The van der Waals surface area contributed by atoms with Crippen LogP contribution >= 0.6 is 0 Å². The van der Waals surface area contributed by atoms with Gasteiger partial charge >= 0.3 is 0 Å². The van der Waals surface area contributed by atoms with E-state index in [-0.39, 0.29) is 29.7 Å². The van der Waals surface area contributed by atoms with Gasteiger partial charge in [-0.25, -0.2) is 0 Å².